The fourth-order valence-corrected chi connectivity index (χ4v) is 8.79. The predicted molar refractivity (Wildman–Crippen MR) is 227 cm³/mol. The van der Waals surface area contributed by atoms with Crippen molar-refractivity contribution in [2.45, 2.75) is 78.1 Å². The number of fused-ring (bicyclic) bond motifs is 2. The molecular formula is C44H53Cl2N5O7. The van der Waals surface area contributed by atoms with Crippen LogP contribution in [0.2, 0.25) is 10.0 Å². The minimum Gasteiger partial charge on any atom is -0.478 e. The van der Waals surface area contributed by atoms with E-state index in [0.29, 0.717) is 54.3 Å². The molecule has 7 rings (SSSR count). The molecule has 0 atom stereocenters. The van der Waals surface area contributed by atoms with Crippen LogP contribution in [-0.4, -0.2) is 84.8 Å². The lowest BCUT2D eigenvalue weighted by atomic mass is 9.87. The Hall–Kier alpha value is -4.68. The second-order valence-corrected chi connectivity index (χ2v) is 16.0. The van der Waals surface area contributed by atoms with Crippen LogP contribution in [0.15, 0.2) is 48.5 Å². The Bertz CT molecular complexity index is 2090. The number of ether oxygens (including phenoxy) is 2. The highest BCUT2D eigenvalue weighted by Gasteiger charge is 2.28. The molecule has 0 spiro atoms. The standard InChI is InChI=1S/C26H34ClN3O3.C18H19ClN2O4/c1-2-33-26(32)19-13-16-30(17-14-19)23-11-8-20-22(29-23)10-9-21(27)24(20)25(31)28-15-12-18-6-4-3-5-7-18;1-2-25-18(24)11-7-9-21(10-8-11)15-6-3-12-14(20-15)5-4-13(19)16(12)17(22)23/h8-11,18-19H,2-7,12-17H2,1H3,(H,28,31);3-6,11H,2,7-10H2,1H3,(H,22,23). The van der Waals surface area contributed by atoms with Gasteiger partial charge >= 0.3 is 17.9 Å². The quantitative estimate of drug-likeness (QED) is 0.140. The molecule has 2 aromatic heterocycles. The molecule has 4 heterocycles. The number of pyridine rings is 2. The normalized spacial score (nSPS) is 16.8. The maximum absolute atomic E-state index is 13.0. The van der Waals surface area contributed by atoms with Crippen molar-refractivity contribution in [2.24, 2.45) is 17.8 Å². The summed E-state index contributed by atoms with van der Waals surface area (Å²) >= 11 is 12.4. The molecule has 58 heavy (non-hydrogen) atoms. The number of carboxylic acids is 1. The molecule has 1 amide bonds. The Labute approximate surface area is 349 Å². The SMILES string of the molecule is CCOC(=O)C1CCN(c2ccc3c(C(=O)NCCC4CCCCC4)c(Cl)ccc3n2)CC1.CCOC(=O)C1CCN(c2ccc3c(C(=O)O)c(Cl)ccc3n2)CC1. The van der Waals surface area contributed by atoms with Crippen molar-refractivity contribution < 1.29 is 33.8 Å². The number of nitrogens with one attached hydrogen (secondary N) is 1. The molecule has 2 N–H and O–H groups in total. The van der Waals surface area contributed by atoms with Gasteiger partial charge in [-0.25, -0.2) is 14.8 Å². The van der Waals surface area contributed by atoms with Crippen molar-refractivity contribution >= 4 is 80.5 Å². The van der Waals surface area contributed by atoms with E-state index in [9.17, 15) is 24.3 Å². The lowest BCUT2D eigenvalue weighted by molar-refractivity contribution is -0.149. The van der Waals surface area contributed by atoms with E-state index in [2.05, 4.69) is 20.1 Å². The molecule has 0 bridgehead atoms. The summed E-state index contributed by atoms with van der Waals surface area (Å²) in [5.41, 5.74) is 1.91. The summed E-state index contributed by atoms with van der Waals surface area (Å²) in [7, 11) is 0. The number of rotatable bonds is 11. The maximum atomic E-state index is 13.0. The lowest BCUT2D eigenvalue weighted by Gasteiger charge is -2.31. The van der Waals surface area contributed by atoms with E-state index >= 15 is 0 Å². The number of amides is 1. The highest BCUT2D eigenvalue weighted by atomic mass is 35.5. The summed E-state index contributed by atoms with van der Waals surface area (Å²) in [6.07, 6.45) is 10.5. The monoisotopic (exact) mass is 833 g/mol. The highest BCUT2D eigenvalue weighted by molar-refractivity contribution is 6.36. The van der Waals surface area contributed by atoms with Crippen LogP contribution in [0.25, 0.3) is 21.8 Å². The minimum absolute atomic E-state index is 0.0376. The number of aromatic carboxylic acids is 1. The van der Waals surface area contributed by atoms with Gasteiger partial charge in [-0.2, -0.15) is 0 Å². The average molecular weight is 835 g/mol. The number of aromatic nitrogens is 2. The number of benzene rings is 2. The van der Waals surface area contributed by atoms with Gasteiger partial charge in [-0.3, -0.25) is 14.4 Å². The number of anilines is 2. The number of carbonyl (C=O) groups excluding carboxylic acids is 3. The fraction of sp³-hybridized carbons (Fsp3) is 0.500. The number of hydrogen-bond donors (Lipinski definition) is 2. The van der Waals surface area contributed by atoms with Crippen molar-refractivity contribution in [1.82, 2.24) is 15.3 Å². The Morgan fingerprint density at radius 3 is 1.60 bits per heavy atom. The molecule has 2 saturated heterocycles. The molecular weight excluding hydrogens is 781 g/mol. The number of carboxylic acid groups (broad SMARTS) is 1. The molecule has 4 aromatic rings. The van der Waals surface area contributed by atoms with Crippen LogP contribution < -0.4 is 15.1 Å². The van der Waals surface area contributed by atoms with E-state index in [1.165, 1.54) is 32.1 Å². The lowest BCUT2D eigenvalue weighted by Crippen LogP contribution is -2.37. The summed E-state index contributed by atoms with van der Waals surface area (Å²) in [6.45, 7) is 8.07. The van der Waals surface area contributed by atoms with Crippen molar-refractivity contribution in [3.05, 3.63) is 69.7 Å². The number of esters is 2. The highest BCUT2D eigenvalue weighted by Crippen LogP contribution is 2.32. The van der Waals surface area contributed by atoms with E-state index in [1.807, 2.05) is 32.0 Å². The van der Waals surface area contributed by atoms with Crippen molar-refractivity contribution in [3.63, 3.8) is 0 Å². The van der Waals surface area contributed by atoms with Crippen LogP contribution in [0.3, 0.4) is 0 Å². The number of nitrogens with zero attached hydrogens (tertiary/aromatic N) is 4. The minimum atomic E-state index is -1.07. The summed E-state index contributed by atoms with van der Waals surface area (Å²) < 4.78 is 10.3. The van der Waals surface area contributed by atoms with Gasteiger partial charge in [0.25, 0.3) is 5.91 Å². The van der Waals surface area contributed by atoms with Crippen LogP contribution in [0.4, 0.5) is 11.6 Å². The smallest absolute Gasteiger partial charge is 0.337 e. The van der Waals surface area contributed by atoms with E-state index in [1.54, 1.807) is 30.3 Å². The first kappa shape index (κ1) is 42.9. The number of hydrogen-bond acceptors (Lipinski definition) is 10. The average Bonchev–Trinajstić information content (AvgIpc) is 3.24. The molecule has 1 saturated carbocycles. The summed E-state index contributed by atoms with van der Waals surface area (Å²) in [4.78, 5) is 61.9. The van der Waals surface area contributed by atoms with Crippen LogP contribution >= 0.6 is 23.2 Å². The van der Waals surface area contributed by atoms with Gasteiger partial charge in [-0.05, 0) is 100 Å². The predicted octanol–water partition coefficient (Wildman–Crippen LogP) is 8.73. The number of halogens is 2. The molecule has 1 aliphatic carbocycles. The zero-order valence-electron chi connectivity index (χ0n) is 33.3. The largest absolute Gasteiger partial charge is 0.478 e. The molecule has 14 heteroatoms. The van der Waals surface area contributed by atoms with Crippen molar-refractivity contribution in [2.75, 3.05) is 55.7 Å². The third kappa shape index (κ3) is 10.5. The molecule has 2 aliphatic heterocycles. The molecule has 3 aliphatic rings. The molecule has 3 fully saturated rings. The third-order valence-electron chi connectivity index (χ3n) is 11.5. The molecule has 0 radical (unpaired) electrons. The van der Waals surface area contributed by atoms with Gasteiger partial charge < -0.3 is 29.7 Å². The first-order chi connectivity index (χ1) is 28.1. The summed E-state index contributed by atoms with van der Waals surface area (Å²) in [5.74, 6) is 0.820. The first-order valence-electron chi connectivity index (χ1n) is 20.6. The Kier molecular flexibility index (Phi) is 15.0. The Morgan fingerprint density at radius 1 is 0.672 bits per heavy atom. The Morgan fingerprint density at radius 2 is 1.14 bits per heavy atom. The first-order valence-corrected chi connectivity index (χ1v) is 21.4. The molecule has 12 nitrogen and oxygen atoms in total. The van der Waals surface area contributed by atoms with E-state index in [4.69, 9.17) is 37.7 Å². The van der Waals surface area contributed by atoms with Gasteiger partial charge in [0.05, 0.1) is 57.3 Å². The maximum Gasteiger partial charge on any atom is 0.337 e. The van der Waals surface area contributed by atoms with Crippen molar-refractivity contribution in [1.29, 1.82) is 0 Å². The van der Waals surface area contributed by atoms with Crippen LogP contribution in [0, 0.1) is 17.8 Å². The van der Waals surface area contributed by atoms with Gasteiger partial charge in [0.15, 0.2) is 0 Å². The second-order valence-electron chi connectivity index (χ2n) is 15.2. The number of piperidine rings is 2. The summed E-state index contributed by atoms with van der Waals surface area (Å²) in [6, 6.07) is 14.3. The van der Waals surface area contributed by atoms with Crippen LogP contribution in [0.5, 0.6) is 0 Å². The van der Waals surface area contributed by atoms with Gasteiger partial charge in [-0.15, -0.1) is 0 Å². The fourth-order valence-electron chi connectivity index (χ4n) is 8.30. The van der Waals surface area contributed by atoms with Gasteiger partial charge in [0.2, 0.25) is 0 Å². The van der Waals surface area contributed by atoms with Gasteiger partial charge in [0.1, 0.15) is 11.6 Å². The zero-order chi connectivity index (χ0) is 41.2. The molecule has 0 unspecified atom stereocenters. The van der Waals surface area contributed by atoms with Crippen molar-refractivity contribution in [3.8, 4) is 0 Å². The van der Waals surface area contributed by atoms with E-state index < -0.39 is 5.97 Å². The van der Waals surface area contributed by atoms with Crippen LogP contribution in [-0.2, 0) is 19.1 Å². The summed E-state index contributed by atoms with van der Waals surface area (Å²) in [5, 5.41) is 14.3. The van der Waals surface area contributed by atoms with Gasteiger partial charge in [-0.1, -0.05) is 55.3 Å². The molecule has 2 aromatic carbocycles. The van der Waals surface area contributed by atoms with E-state index in [0.717, 1.165) is 73.7 Å². The second kappa shape index (κ2) is 20.3. The molecule has 310 valence electrons. The van der Waals surface area contributed by atoms with Gasteiger partial charge in [0, 0.05) is 43.5 Å². The third-order valence-corrected chi connectivity index (χ3v) is 12.1. The number of carbonyl (C=O) groups is 4. The van der Waals surface area contributed by atoms with E-state index in [-0.39, 0.29) is 40.3 Å². The zero-order valence-corrected chi connectivity index (χ0v) is 34.8. The van der Waals surface area contributed by atoms with Crippen LogP contribution in [0.1, 0.15) is 98.8 Å². The topological polar surface area (TPSA) is 151 Å². The Balaban J connectivity index is 0.000000203.